The highest BCUT2D eigenvalue weighted by Gasteiger charge is 2.32. The molecule has 0 saturated heterocycles. The summed E-state index contributed by atoms with van der Waals surface area (Å²) < 4.78 is 26.9. The molecule has 0 aliphatic heterocycles. The van der Waals surface area contributed by atoms with Crippen LogP contribution in [-0.4, -0.2) is 31.0 Å². The Labute approximate surface area is 175 Å². The predicted molar refractivity (Wildman–Crippen MR) is 114 cm³/mol. The molecule has 0 unspecified atom stereocenters. The van der Waals surface area contributed by atoms with Crippen molar-refractivity contribution in [3.63, 3.8) is 0 Å². The molecule has 1 fully saturated rings. The van der Waals surface area contributed by atoms with E-state index < -0.39 is 16.0 Å². The van der Waals surface area contributed by atoms with Gasteiger partial charge in [-0.15, -0.1) is 0 Å². The van der Waals surface area contributed by atoms with Gasteiger partial charge in [-0.1, -0.05) is 31.2 Å². The number of nitrogens with zero attached hydrogens (tertiary/aromatic N) is 1. The van der Waals surface area contributed by atoms with Crippen LogP contribution in [0.25, 0.3) is 0 Å². The minimum Gasteiger partial charge on any atom is -0.369 e. The van der Waals surface area contributed by atoms with Crippen LogP contribution in [0.1, 0.15) is 43.4 Å². The van der Waals surface area contributed by atoms with Gasteiger partial charge in [-0.2, -0.15) is 13.4 Å². The third kappa shape index (κ3) is 5.00. The van der Waals surface area contributed by atoms with Crippen LogP contribution in [0.15, 0.2) is 35.1 Å². The number of nitrogens with one attached hydrogen (secondary N) is 3. The summed E-state index contributed by atoms with van der Waals surface area (Å²) in [6.07, 6.45) is 3.52. The second kappa shape index (κ2) is 8.37. The van der Waals surface area contributed by atoms with Gasteiger partial charge in [0.1, 0.15) is 11.6 Å². The van der Waals surface area contributed by atoms with Crippen LogP contribution in [0, 0.1) is 11.8 Å². The van der Waals surface area contributed by atoms with E-state index in [0.29, 0.717) is 11.6 Å². The molecule has 162 valence electrons. The van der Waals surface area contributed by atoms with Crippen molar-refractivity contribution in [3.05, 3.63) is 51.9 Å². The molecule has 0 bridgehead atoms. The lowest BCUT2D eigenvalue weighted by molar-refractivity contribution is 0.227. The largest absolute Gasteiger partial charge is 0.369 e. The number of rotatable bonds is 7. The maximum atomic E-state index is 12.1. The van der Waals surface area contributed by atoms with Gasteiger partial charge in [-0.3, -0.25) is 9.17 Å². The molecule has 0 radical (unpaired) electrons. The van der Waals surface area contributed by atoms with Crippen LogP contribution >= 0.6 is 0 Å². The summed E-state index contributed by atoms with van der Waals surface area (Å²) >= 11 is 0. The van der Waals surface area contributed by atoms with Crippen LogP contribution in [0.2, 0.25) is 0 Å². The lowest BCUT2D eigenvalue weighted by Gasteiger charge is -2.17. The number of fused-ring (bicyclic) bond motifs is 1. The quantitative estimate of drug-likeness (QED) is 0.523. The molecule has 0 spiro atoms. The molecule has 2 aromatic rings. The first-order valence-corrected chi connectivity index (χ1v) is 11.6. The Hall–Kier alpha value is -2.43. The van der Waals surface area contributed by atoms with Crippen molar-refractivity contribution in [2.75, 3.05) is 17.2 Å². The second-order valence-electron chi connectivity index (χ2n) is 8.25. The highest BCUT2D eigenvalue weighted by Crippen LogP contribution is 2.35. The van der Waals surface area contributed by atoms with E-state index in [9.17, 15) is 13.2 Å². The maximum Gasteiger partial charge on any atom is 0.348 e. The number of H-pyrrole nitrogens is 1. The second-order valence-corrected chi connectivity index (χ2v) is 9.47. The van der Waals surface area contributed by atoms with Gasteiger partial charge in [-0.25, -0.2) is 9.93 Å². The highest BCUT2D eigenvalue weighted by atomic mass is 32.2. The number of benzene rings is 1. The van der Waals surface area contributed by atoms with Crippen LogP contribution in [-0.2, 0) is 20.9 Å². The van der Waals surface area contributed by atoms with Crippen LogP contribution in [0.5, 0.6) is 0 Å². The summed E-state index contributed by atoms with van der Waals surface area (Å²) in [4.78, 5) is 18.9. The normalized spacial score (nSPS) is 25.8. The average Bonchev–Trinajstić information content (AvgIpc) is 3.22. The summed E-state index contributed by atoms with van der Waals surface area (Å²) in [6, 6.07) is 10.3. The van der Waals surface area contributed by atoms with Gasteiger partial charge in [-0.05, 0) is 48.6 Å². The molecule has 1 heterocycles. The van der Waals surface area contributed by atoms with Crippen LogP contribution in [0.3, 0.4) is 0 Å². The van der Waals surface area contributed by atoms with E-state index in [-0.39, 0.29) is 30.5 Å². The van der Waals surface area contributed by atoms with E-state index in [1.165, 1.54) is 11.1 Å². The van der Waals surface area contributed by atoms with Gasteiger partial charge in [0.15, 0.2) is 0 Å². The SMILES string of the molecule is C[C@H]1C[C@H](Nc2cc(N[C@H]3CCc4ccccc43)nc(=O)[nH]2)C[C@H]1COS(N)(=O)=O. The zero-order valence-corrected chi connectivity index (χ0v) is 17.6. The van der Waals surface area contributed by atoms with Crippen molar-refractivity contribution in [1.82, 2.24) is 9.97 Å². The zero-order chi connectivity index (χ0) is 21.3. The van der Waals surface area contributed by atoms with Gasteiger partial charge in [0.05, 0.1) is 12.6 Å². The number of aromatic nitrogens is 2. The summed E-state index contributed by atoms with van der Waals surface area (Å²) in [5.74, 6) is 1.46. The fourth-order valence-electron chi connectivity index (χ4n) is 4.58. The van der Waals surface area contributed by atoms with Crippen molar-refractivity contribution in [2.24, 2.45) is 17.0 Å². The lowest BCUT2D eigenvalue weighted by Crippen LogP contribution is -2.23. The smallest absolute Gasteiger partial charge is 0.348 e. The predicted octanol–water partition coefficient (Wildman–Crippen LogP) is 1.92. The molecule has 4 rings (SSSR count). The van der Waals surface area contributed by atoms with Gasteiger partial charge in [0.25, 0.3) is 0 Å². The Balaban J connectivity index is 1.41. The molecule has 1 aromatic heterocycles. The third-order valence-electron chi connectivity index (χ3n) is 6.05. The summed E-state index contributed by atoms with van der Waals surface area (Å²) in [6.45, 7) is 2.12. The molecule has 1 saturated carbocycles. The van der Waals surface area contributed by atoms with Gasteiger partial charge >= 0.3 is 16.0 Å². The standard InChI is InChI=1S/C20H27N5O4S/c1-12-8-15(9-14(12)11-29-30(21,27)28)22-18-10-19(25-20(26)24-18)23-17-7-6-13-4-2-3-5-16(13)17/h2-5,10,12,14-15,17H,6-9,11H2,1H3,(H2,21,27,28)(H3,22,23,24,25,26)/t12-,14-,15-,17-/m0/s1. The van der Waals surface area contributed by atoms with E-state index >= 15 is 0 Å². The Morgan fingerprint density at radius 1 is 1.27 bits per heavy atom. The van der Waals surface area contributed by atoms with E-state index in [1.54, 1.807) is 6.07 Å². The Bertz CT molecular complexity index is 1070. The molecule has 2 aliphatic carbocycles. The molecule has 2 aliphatic rings. The molecular weight excluding hydrogens is 406 g/mol. The molecular formula is C20H27N5O4S. The van der Waals surface area contributed by atoms with Crippen molar-refractivity contribution >= 4 is 21.9 Å². The van der Waals surface area contributed by atoms with Crippen molar-refractivity contribution in [2.45, 2.75) is 44.7 Å². The van der Waals surface area contributed by atoms with Crippen LogP contribution < -0.4 is 21.5 Å². The third-order valence-corrected chi connectivity index (χ3v) is 6.52. The van der Waals surface area contributed by atoms with E-state index in [4.69, 9.17) is 9.32 Å². The number of aromatic amines is 1. The number of hydrogen-bond donors (Lipinski definition) is 4. The molecule has 0 amide bonds. The number of nitrogens with two attached hydrogens (primary N) is 1. The topological polar surface area (TPSA) is 139 Å². The minimum atomic E-state index is -3.94. The van der Waals surface area contributed by atoms with Crippen molar-refractivity contribution < 1.29 is 12.6 Å². The number of aryl methyl sites for hydroxylation is 1. The first kappa shape index (κ1) is 20.8. The monoisotopic (exact) mass is 433 g/mol. The Kier molecular flexibility index (Phi) is 5.81. The van der Waals surface area contributed by atoms with Gasteiger partial charge in [0, 0.05) is 12.1 Å². The summed E-state index contributed by atoms with van der Waals surface area (Å²) in [5.41, 5.74) is 2.15. The first-order chi connectivity index (χ1) is 14.3. The highest BCUT2D eigenvalue weighted by molar-refractivity contribution is 7.84. The van der Waals surface area contributed by atoms with Gasteiger partial charge < -0.3 is 10.6 Å². The van der Waals surface area contributed by atoms with E-state index in [2.05, 4.69) is 39.7 Å². The number of anilines is 2. The maximum absolute atomic E-state index is 12.1. The number of hydrogen-bond acceptors (Lipinski definition) is 7. The first-order valence-electron chi connectivity index (χ1n) is 10.2. The zero-order valence-electron chi connectivity index (χ0n) is 16.8. The van der Waals surface area contributed by atoms with Crippen LogP contribution in [0.4, 0.5) is 11.6 Å². The van der Waals surface area contributed by atoms with Crippen molar-refractivity contribution in [1.29, 1.82) is 0 Å². The fourth-order valence-corrected chi connectivity index (χ4v) is 4.95. The van der Waals surface area contributed by atoms with E-state index in [0.717, 1.165) is 25.7 Å². The average molecular weight is 434 g/mol. The molecule has 9 nitrogen and oxygen atoms in total. The lowest BCUT2D eigenvalue weighted by atomic mass is 10.00. The fraction of sp³-hybridized carbons (Fsp3) is 0.500. The summed E-state index contributed by atoms with van der Waals surface area (Å²) in [7, 11) is -3.94. The van der Waals surface area contributed by atoms with Gasteiger partial charge in [0.2, 0.25) is 0 Å². The molecule has 30 heavy (non-hydrogen) atoms. The Morgan fingerprint density at radius 2 is 2.07 bits per heavy atom. The van der Waals surface area contributed by atoms with E-state index in [1.807, 2.05) is 12.1 Å². The molecule has 5 N–H and O–H groups in total. The Morgan fingerprint density at radius 3 is 2.87 bits per heavy atom. The van der Waals surface area contributed by atoms with Crippen molar-refractivity contribution in [3.8, 4) is 0 Å². The summed E-state index contributed by atoms with van der Waals surface area (Å²) in [5, 5.41) is 11.7. The minimum absolute atomic E-state index is 0.0684. The molecule has 1 aromatic carbocycles. The molecule has 10 heteroatoms. The molecule has 4 atom stereocenters.